The van der Waals surface area contributed by atoms with E-state index in [1.807, 2.05) is 0 Å². The van der Waals surface area contributed by atoms with Gasteiger partial charge in [0.05, 0.1) is 19.3 Å². The molecule has 4 nitrogen and oxygen atoms in total. The van der Waals surface area contributed by atoms with E-state index in [2.05, 4.69) is 6.92 Å². The highest BCUT2D eigenvalue weighted by molar-refractivity contribution is 5.27. The molecule has 1 heterocycles. The summed E-state index contributed by atoms with van der Waals surface area (Å²) in [5.74, 6) is 0. The van der Waals surface area contributed by atoms with Crippen LogP contribution in [0.5, 0.6) is 0 Å². The first kappa shape index (κ1) is 21.4. The van der Waals surface area contributed by atoms with Crippen LogP contribution in [-0.2, 0) is 18.9 Å². The molecule has 1 unspecified atom stereocenters. The standard InChI is InChI=1S/C19H29F3O4/c1-2-3-4-5-6-11-23-17-12-24-18(25-13-17)15-7-9-16(10-8-15)26-14-19(20,21)22/h7-9,16-18H,2-6,10-14H2,1H3. The summed E-state index contributed by atoms with van der Waals surface area (Å²) >= 11 is 0. The number of ether oxygens (including phenoxy) is 4. The normalized spacial score (nSPS) is 26.8. The monoisotopic (exact) mass is 378 g/mol. The fourth-order valence-electron chi connectivity index (χ4n) is 2.85. The van der Waals surface area contributed by atoms with Gasteiger partial charge in [0, 0.05) is 12.2 Å². The van der Waals surface area contributed by atoms with Crippen LogP contribution in [0.15, 0.2) is 23.8 Å². The largest absolute Gasteiger partial charge is 0.411 e. The summed E-state index contributed by atoms with van der Waals surface area (Å²) in [5.41, 5.74) is 0.815. The van der Waals surface area contributed by atoms with Gasteiger partial charge in [-0.3, -0.25) is 0 Å². The van der Waals surface area contributed by atoms with Crippen molar-refractivity contribution < 1.29 is 32.1 Å². The highest BCUT2D eigenvalue weighted by Crippen LogP contribution is 2.24. The second-order valence-electron chi connectivity index (χ2n) is 6.67. The molecule has 0 aromatic heterocycles. The van der Waals surface area contributed by atoms with Gasteiger partial charge in [0.15, 0.2) is 6.29 Å². The van der Waals surface area contributed by atoms with Gasteiger partial charge in [0.2, 0.25) is 0 Å². The lowest BCUT2D eigenvalue weighted by Gasteiger charge is -2.31. The lowest BCUT2D eigenvalue weighted by atomic mass is 10.0. The Bertz CT molecular complexity index is 454. The highest BCUT2D eigenvalue weighted by atomic mass is 19.4. The first-order valence-electron chi connectivity index (χ1n) is 9.39. The molecule has 150 valence electrons. The third-order valence-corrected chi connectivity index (χ3v) is 4.29. The highest BCUT2D eigenvalue weighted by Gasteiger charge is 2.30. The molecule has 0 N–H and O–H groups in total. The molecule has 26 heavy (non-hydrogen) atoms. The van der Waals surface area contributed by atoms with Crippen LogP contribution in [0.2, 0.25) is 0 Å². The molecule has 0 bridgehead atoms. The van der Waals surface area contributed by atoms with E-state index in [9.17, 15) is 13.2 Å². The van der Waals surface area contributed by atoms with Crippen LogP contribution < -0.4 is 0 Å². The maximum atomic E-state index is 12.2. The van der Waals surface area contributed by atoms with E-state index in [1.165, 1.54) is 25.7 Å². The predicted molar refractivity (Wildman–Crippen MR) is 91.8 cm³/mol. The number of hydrogen-bond donors (Lipinski definition) is 0. The van der Waals surface area contributed by atoms with Gasteiger partial charge in [-0.2, -0.15) is 13.2 Å². The first-order valence-corrected chi connectivity index (χ1v) is 9.39. The van der Waals surface area contributed by atoms with Gasteiger partial charge in [-0.15, -0.1) is 0 Å². The minimum absolute atomic E-state index is 0.0616. The maximum Gasteiger partial charge on any atom is 0.411 e. The van der Waals surface area contributed by atoms with Crippen LogP contribution >= 0.6 is 0 Å². The molecular formula is C19H29F3O4. The Morgan fingerprint density at radius 3 is 2.42 bits per heavy atom. The fourth-order valence-corrected chi connectivity index (χ4v) is 2.85. The molecule has 0 spiro atoms. The molecule has 1 aliphatic heterocycles. The minimum atomic E-state index is -4.31. The SMILES string of the molecule is CCCCCCCOC1COC(C2=CCC(OCC(F)(F)F)C=C2)OC1. The molecule has 7 heteroatoms. The van der Waals surface area contributed by atoms with E-state index in [0.29, 0.717) is 26.2 Å². The van der Waals surface area contributed by atoms with Gasteiger partial charge >= 0.3 is 6.18 Å². The number of alkyl halides is 3. The van der Waals surface area contributed by atoms with E-state index in [-0.39, 0.29) is 6.10 Å². The number of rotatable bonds is 10. The van der Waals surface area contributed by atoms with Gasteiger partial charge in [0.25, 0.3) is 0 Å². The Morgan fingerprint density at radius 2 is 1.81 bits per heavy atom. The Balaban J connectivity index is 1.60. The summed E-state index contributed by atoms with van der Waals surface area (Å²) in [5, 5.41) is 0. The zero-order chi connectivity index (χ0) is 18.8. The van der Waals surface area contributed by atoms with Crippen LogP contribution in [0.25, 0.3) is 0 Å². The molecule has 1 atom stereocenters. The van der Waals surface area contributed by atoms with Crippen molar-refractivity contribution in [1.29, 1.82) is 0 Å². The third-order valence-electron chi connectivity index (χ3n) is 4.29. The number of unbranched alkanes of at least 4 members (excludes halogenated alkanes) is 4. The van der Waals surface area contributed by atoms with Crippen molar-refractivity contribution in [2.75, 3.05) is 26.4 Å². The Morgan fingerprint density at radius 1 is 1.08 bits per heavy atom. The Labute approximate surface area is 153 Å². The molecule has 0 radical (unpaired) electrons. The van der Waals surface area contributed by atoms with Crippen molar-refractivity contribution in [2.24, 2.45) is 0 Å². The van der Waals surface area contributed by atoms with Crippen molar-refractivity contribution in [2.45, 2.75) is 70.1 Å². The summed E-state index contributed by atoms with van der Waals surface area (Å²) in [6, 6.07) is 0. The van der Waals surface area contributed by atoms with Gasteiger partial charge < -0.3 is 18.9 Å². The molecule has 1 saturated heterocycles. The molecular weight excluding hydrogens is 349 g/mol. The zero-order valence-electron chi connectivity index (χ0n) is 15.3. The van der Waals surface area contributed by atoms with Crippen molar-refractivity contribution in [1.82, 2.24) is 0 Å². The molecule has 0 amide bonds. The van der Waals surface area contributed by atoms with Gasteiger partial charge in [-0.1, -0.05) is 50.8 Å². The summed E-state index contributed by atoms with van der Waals surface area (Å²) in [6.45, 7) is 2.58. The average Bonchev–Trinajstić information content (AvgIpc) is 2.63. The zero-order valence-corrected chi connectivity index (χ0v) is 15.3. The summed E-state index contributed by atoms with van der Waals surface area (Å²) in [7, 11) is 0. The van der Waals surface area contributed by atoms with Crippen molar-refractivity contribution in [3.63, 3.8) is 0 Å². The third kappa shape index (κ3) is 8.20. The quantitative estimate of drug-likeness (QED) is 0.523. The summed E-state index contributed by atoms with van der Waals surface area (Å²) < 4.78 is 58.5. The number of hydrogen-bond acceptors (Lipinski definition) is 4. The molecule has 0 aromatic carbocycles. The molecule has 1 fully saturated rings. The maximum absolute atomic E-state index is 12.2. The predicted octanol–water partition coefficient (Wildman–Crippen LogP) is 4.55. The van der Waals surface area contributed by atoms with E-state index in [0.717, 1.165) is 12.0 Å². The fraction of sp³-hybridized carbons (Fsp3) is 0.789. The van der Waals surface area contributed by atoms with Crippen LogP contribution in [0.3, 0.4) is 0 Å². The van der Waals surface area contributed by atoms with Gasteiger partial charge in [-0.05, 0) is 12.8 Å². The lowest BCUT2D eigenvalue weighted by Crippen LogP contribution is -2.38. The molecule has 0 saturated carbocycles. The summed E-state index contributed by atoms with van der Waals surface area (Å²) in [6.07, 6.45) is 6.06. The van der Waals surface area contributed by atoms with E-state index in [4.69, 9.17) is 18.9 Å². The number of halogens is 3. The van der Waals surface area contributed by atoms with E-state index < -0.39 is 25.2 Å². The molecule has 2 rings (SSSR count). The molecule has 2 aliphatic rings. The van der Waals surface area contributed by atoms with Crippen LogP contribution in [0.1, 0.15) is 45.4 Å². The minimum Gasteiger partial charge on any atom is -0.373 e. The van der Waals surface area contributed by atoms with E-state index in [1.54, 1.807) is 18.2 Å². The van der Waals surface area contributed by atoms with Gasteiger partial charge in [-0.25, -0.2) is 0 Å². The summed E-state index contributed by atoms with van der Waals surface area (Å²) in [4.78, 5) is 0. The molecule has 0 aromatic rings. The van der Waals surface area contributed by atoms with Crippen molar-refractivity contribution in [3.05, 3.63) is 23.8 Å². The van der Waals surface area contributed by atoms with Crippen LogP contribution in [0, 0.1) is 0 Å². The van der Waals surface area contributed by atoms with Crippen molar-refractivity contribution >= 4 is 0 Å². The van der Waals surface area contributed by atoms with Crippen molar-refractivity contribution in [3.8, 4) is 0 Å². The molecule has 1 aliphatic carbocycles. The average molecular weight is 378 g/mol. The topological polar surface area (TPSA) is 36.9 Å². The Hall–Kier alpha value is -0.890. The second-order valence-corrected chi connectivity index (χ2v) is 6.67. The second kappa shape index (κ2) is 11.1. The van der Waals surface area contributed by atoms with Gasteiger partial charge in [0.1, 0.15) is 12.7 Å². The Kier molecular flexibility index (Phi) is 9.11. The van der Waals surface area contributed by atoms with Crippen LogP contribution in [0.4, 0.5) is 13.2 Å². The lowest BCUT2D eigenvalue weighted by molar-refractivity contribution is -0.209. The van der Waals surface area contributed by atoms with E-state index >= 15 is 0 Å². The smallest absolute Gasteiger partial charge is 0.373 e. The first-order chi connectivity index (χ1) is 12.5. The van der Waals surface area contributed by atoms with Crippen LogP contribution in [-0.4, -0.2) is 51.1 Å².